The Bertz CT molecular complexity index is 428. The van der Waals surface area contributed by atoms with E-state index < -0.39 is 0 Å². The van der Waals surface area contributed by atoms with Crippen molar-refractivity contribution in [2.24, 2.45) is 5.73 Å². The number of hydrogen-bond acceptors (Lipinski definition) is 2. The van der Waals surface area contributed by atoms with E-state index in [9.17, 15) is 0 Å². The minimum Gasteiger partial charge on any atom is -0.330 e. The zero-order chi connectivity index (χ0) is 10.7. The van der Waals surface area contributed by atoms with Gasteiger partial charge in [0.25, 0.3) is 0 Å². The predicted octanol–water partition coefficient (Wildman–Crippen LogP) is 1.89. The molecule has 3 heteroatoms. The van der Waals surface area contributed by atoms with Crippen molar-refractivity contribution in [3.63, 3.8) is 0 Å². The first-order valence-corrected chi connectivity index (χ1v) is 5.10. The first-order chi connectivity index (χ1) is 7.31. The smallest absolute Gasteiger partial charge is 0.0568 e. The van der Waals surface area contributed by atoms with Crippen LogP contribution in [-0.2, 0) is 6.42 Å². The molecule has 0 fully saturated rings. The van der Waals surface area contributed by atoms with Gasteiger partial charge >= 0.3 is 0 Å². The number of aromatic nitrogens is 2. The van der Waals surface area contributed by atoms with Gasteiger partial charge < -0.3 is 5.73 Å². The quantitative estimate of drug-likeness (QED) is 0.796. The molecule has 0 saturated heterocycles. The Hall–Kier alpha value is -1.61. The van der Waals surface area contributed by atoms with E-state index in [0.717, 1.165) is 17.7 Å². The number of aromatic amines is 1. The van der Waals surface area contributed by atoms with Gasteiger partial charge in [-0.05, 0) is 19.0 Å². The zero-order valence-corrected chi connectivity index (χ0v) is 8.83. The summed E-state index contributed by atoms with van der Waals surface area (Å²) in [5.41, 5.74) is 10.3. The zero-order valence-electron chi connectivity index (χ0n) is 8.83. The summed E-state index contributed by atoms with van der Waals surface area (Å²) in [7, 11) is 0. The molecule has 0 spiro atoms. The van der Waals surface area contributed by atoms with Gasteiger partial charge in [0, 0.05) is 17.7 Å². The van der Waals surface area contributed by atoms with Crippen LogP contribution in [0.1, 0.15) is 11.3 Å². The minimum absolute atomic E-state index is 0.640. The highest BCUT2D eigenvalue weighted by atomic mass is 15.1. The Morgan fingerprint density at radius 2 is 2.00 bits per heavy atom. The monoisotopic (exact) mass is 201 g/mol. The largest absolute Gasteiger partial charge is 0.330 e. The molecule has 0 bridgehead atoms. The van der Waals surface area contributed by atoms with Crippen LogP contribution in [0.4, 0.5) is 0 Å². The molecule has 1 heterocycles. The lowest BCUT2D eigenvalue weighted by atomic mass is 10.0. The maximum atomic E-state index is 5.54. The topological polar surface area (TPSA) is 54.7 Å². The summed E-state index contributed by atoms with van der Waals surface area (Å²) in [6.07, 6.45) is 2.69. The predicted molar refractivity (Wildman–Crippen MR) is 61.5 cm³/mol. The Balaban J connectivity index is 2.36. The number of hydrogen-bond donors (Lipinski definition) is 2. The second kappa shape index (κ2) is 4.28. The van der Waals surface area contributed by atoms with Gasteiger partial charge in [-0.3, -0.25) is 5.10 Å². The fourth-order valence-corrected chi connectivity index (χ4v) is 1.63. The van der Waals surface area contributed by atoms with E-state index in [0.29, 0.717) is 6.54 Å². The van der Waals surface area contributed by atoms with Crippen LogP contribution in [0.2, 0.25) is 0 Å². The molecule has 0 saturated carbocycles. The molecule has 3 N–H and O–H groups in total. The summed E-state index contributed by atoms with van der Waals surface area (Å²) in [4.78, 5) is 0. The van der Waals surface area contributed by atoms with Crippen molar-refractivity contribution in [3.8, 4) is 11.1 Å². The van der Waals surface area contributed by atoms with E-state index in [4.69, 9.17) is 5.73 Å². The molecule has 0 amide bonds. The van der Waals surface area contributed by atoms with Crippen LogP contribution in [0.15, 0.2) is 30.5 Å². The minimum atomic E-state index is 0.640. The fourth-order valence-electron chi connectivity index (χ4n) is 1.63. The molecule has 2 rings (SSSR count). The Morgan fingerprint density at radius 1 is 1.27 bits per heavy atom. The molecule has 1 aromatic carbocycles. The lowest BCUT2D eigenvalue weighted by Gasteiger charge is -2.02. The molecular formula is C12H15N3. The summed E-state index contributed by atoms with van der Waals surface area (Å²) in [5, 5.41) is 7.05. The average molecular weight is 201 g/mol. The van der Waals surface area contributed by atoms with Crippen LogP contribution < -0.4 is 5.73 Å². The Morgan fingerprint density at radius 3 is 2.67 bits per heavy atom. The highest BCUT2D eigenvalue weighted by molar-refractivity contribution is 5.65. The fraction of sp³-hybridized carbons (Fsp3) is 0.250. The lowest BCUT2D eigenvalue weighted by Crippen LogP contribution is -2.03. The van der Waals surface area contributed by atoms with E-state index >= 15 is 0 Å². The molecule has 0 atom stereocenters. The normalized spacial score (nSPS) is 10.5. The maximum Gasteiger partial charge on any atom is 0.0568 e. The average Bonchev–Trinajstić information content (AvgIpc) is 2.68. The molecule has 0 aliphatic rings. The highest BCUT2D eigenvalue weighted by Crippen LogP contribution is 2.22. The number of aryl methyl sites for hydroxylation is 1. The van der Waals surface area contributed by atoms with Gasteiger partial charge in [0.15, 0.2) is 0 Å². The number of nitrogens with two attached hydrogens (primary N) is 1. The Labute approximate surface area is 89.3 Å². The van der Waals surface area contributed by atoms with Gasteiger partial charge in [0.1, 0.15) is 0 Å². The van der Waals surface area contributed by atoms with Gasteiger partial charge in [0.2, 0.25) is 0 Å². The van der Waals surface area contributed by atoms with E-state index in [1.807, 2.05) is 6.20 Å². The van der Waals surface area contributed by atoms with Gasteiger partial charge in [-0.15, -0.1) is 0 Å². The second-order valence-corrected chi connectivity index (χ2v) is 3.67. The van der Waals surface area contributed by atoms with Crippen LogP contribution in [0.5, 0.6) is 0 Å². The number of benzene rings is 1. The highest BCUT2D eigenvalue weighted by Gasteiger charge is 2.05. The van der Waals surface area contributed by atoms with Crippen molar-refractivity contribution < 1.29 is 0 Å². The van der Waals surface area contributed by atoms with Crippen molar-refractivity contribution in [3.05, 3.63) is 41.7 Å². The van der Waals surface area contributed by atoms with Gasteiger partial charge in [0.05, 0.1) is 6.20 Å². The molecule has 0 radical (unpaired) electrons. The van der Waals surface area contributed by atoms with Crippen LogP contribution in [-0.4, -0.2) is 16.7 Å². The second-order valence-electron chi connectivity index (χ2n) is 3.67. The summed E-state index contributed by atoms with van der Waals surface area (Å²) in [6, 6.07) is 8.43. The molecule has 78 valence electrons. The molecule has 1 aromatic heterocycles. The summed E-state index contributed by atoms with van der Waals surface area (Å²) in [6.45, 7) is 2.72. The maximum absolute atomic E-state index is 5.54. The molecule has 15 heavy (non-hydrogen) atoms. The molecule has 0 aliphatic carbocycles. The summed E-state index contributed by atoms with van der Waals surface area (Å²) in [5.74, 6) is 0. The van der Waals surface area contributed by atoms with Crippen LogP contribution in [0, 0.1) is 6.92 Å². The van der Waals surface area contributed by atoms with Gasteiger partial charge in [-0.1, -0.05) is 29.8 Å². The van der Waals surface area contributed by atoms with Crippen molar-refractivity contribution in [1.29, 1.82) is 0 Å². The van der Waals surface area contributed by atoms with E-state index in [-0.39, 0.29) is 0 Å². The molecule has 2 aromatic rings. The van der Waals surface area contributed by atoms with Crippen LogP contribution >= 0.6 is 0 Å². The van der Waals surface area contributed by atoms with E-state index in [2.05, 4.69) is 41.4 Å². The summed E-state index contributed by atoms with van der Waals surface area (Å²) >= 11 is 0. The molecular weight excluding hydrogens is 186 g/mol. The van der Waals surface area contributed by atoms with Gasteiger partial charge in [-0.25, -0.2) is 0 Å². The number of nitrogens with zero attached hydrogens (tertiary/aromatic N) is 1. The Kier molecular flexibility index (Phi) is 2.83. The lowest BCUT2D eigenvalue weighted by molar-refractivity contribution is 0.902. The molecule has 0 unspecified atom stereocenters. The van der Waals surface area contributed by atoms with Crippen molar-refractivity contribution in [2.75, 3.05) is 6.54 Å². The third-order valence-corrected chi connectivity index (χ3v) is 2.48. The standard InChI is InChI=1S/C12H15N3/c1-9-2-4-10(5-3-9)11-8-14-15-12(11)6-7-13/h2-5,8H,6-7,13H2,1H3,(H,14,15). The van der Waals surface area contributed by atoms with Crippen molar-refractivity contribution in [1.82, 2.24) is 10.2 Å². The van der Waals surface area contributed by atoms with Crippen LogP contribution in [0.3, 0.4) is 0 Å². The SMILES string of the molecule is Cc1ccc(-c2cn[nH]c2CCN)cc1. The molecule has 0 aliphatic heterocycles. The first-order valence-electron chi connectivity index (χ1n) is 5.10. The van der Waals surface area contributed by atoms with E-state index in [1.165, 1.54) is 11.1 Å². The number of nitrogens with one attached hydrogen (secondary N) is 1. The van der Waals surface area contributed by atoms with Gasteiger partial charge in [-0.2, -0.15) is 5.10 Å². The summed E-state index contributed by atoms with van der Waals surface area (Å²) < 4.78 is 0. The van der Waals surface area contributed by atoms with Crippen LogP contribution in [0.25, 0.3) is 11.1 Å². The van der Waals surface area contributed by atoms with Crippen molar-refractivity contribution in [2.45, 2.75) is 13.3 Å². The molecule has 3 nitrogen and oxygen atoms in total. The number of rotatable bonds is 3. The first kappa shape index (κ1) is 9.93. The van der Waals surface area contributed by atoms with Crippen molar-refractivity contribution >= 4 is 0 Å². The van der Waals surface area contributed by atoms with E-state index in [1.54, 1.807) is 0 Å². The number of H-pyrrole nitrogens is 1. The third kappa shape index (κ3) is 2.07. The third-order valence-electron chi connectivity index (χ3n) is 2.48.